The van der Waals surface area contributed by atoms with Crippen molar-refractivity contribution < 1.29 is 4.11 Å². The molecule has 160 valence electrons. The van der Waals surface area contributed by atoms with Gasteiger partial charge in [0.2, 0.25) is 0 Å². The Kier molecular flexibility index (Phi) is 4.27. The summed E-state index contributed by atoms with van der Waals surface area (Å²) in [7, 11) is 1.84. The van der Waals surface area contributed by atoms with Crippen molar-refractivity contribution in [3.05, 3.63) is 60.7 Å². The van der Waals surface area contributed by atoms with Gasteiger partial charge in [-0.05, 0) is 18.9 Å². The fourth-order valence-electron chi connectivity index (χ4n) is 4.40. The molecule has 4 aromatic rings. The molecule has 1 aromatic carbocycles. The van der Waals surface area contributed by atoms with Gasteiger partial charge < -0.3 is 9.47 Å². The second-order valence-electron chi connectivity index (χ2n) is 7.85. The van der Waals surface area contributed by atoms with E-state index in [1.807, 2.05) is 31.4 Å². The van der Waals surface area contributed by atoms with E-state index in [-0.39, 0.29) is 5.92 Å². The maximum atomic E-state index is 10.3. The average Bonchev–Trinajstić information content (AvgIpc) is 3.53. The molecule has 32 heavy (non-hydrogen) atoms. The Bertz CT molecular complexity index is 1380. The number of nitrogens with zero attached hydrogens (tertiary/aromatic N) is 9. The first-order valence-electron chi connectivity index (χ1n) is 11.9. The van der Waals surface area contributed by atoms with Crippen LogP contribution in [0, 0.1) is 11.3 Å². The third-order valence-electron chi connectivity index (χ3n) is 5.95. The van der Waals surface area contributed by atoms with Gasteiger partial charge in [-0.1, -0.05) is 12.1 Å². The molecule has 3 aromatic heterocycles. The smallest absolute Gasteiger partial charge is 0.135 e. The van der Waals surface area contributed by atoms with Crippen molar-refractivity contribution in [3.63, 3.8) is 0 Å². The minimum Gasteiger partial charge on any atom is -0.370 e. The van der Waals surface area contributed by atoms with E-state index < -0.39 is 6.98 Å². The van der Waals surface area contributed by atoms with Gasteiger partial charge in [0.25, 0.3) is 0 Å². The van der Waals surface area contributed by atoms with E-state index in [1.165, 1.54) is 10.9 Å². The number of aromatic nitrogens is 7. The summed E-state index contributed by atoms with van der Waals surface area (Å²) in [6.07, 6.45) is 9.61. The molecule has 0 bridgehead atoms. The highest BCUT2D eigenvalue weighted by Gasteiger charge is 2.28. The summed E-state index contributed by atoms with van der Waals surface area (Å²) >= 11 is 0. The number of anilines is 1. The van der Waals surface area contributed by atoms with Crippen LogP contribution in [-0.2, 0) is 14.0 Å². The molecule has 9 heteroatoms. The summed E-state index contributed by atoms with van der Waals surface area (Å²) in [4.78, 5) is 2.20. The van der Waals surface area contributed by atoms with Crippen LogP contribution < -0.4 is 4.90 Å². The van der Waals surface area contributed by atoms with Crippen LogP contribution in [0.4, 0.5) is 5.69 Å². The van der Waals surface area contributed by atoms with E-state index in [0.717, 1.165) is 27.9 Å². The largest absolute Gasteiger partial charge is 0.370 e. The van der Waals surface area contributed by atoms with Crippen LogP contribution in [0.15, 0.2) is 49.3 Å². The lowest BCUT2D eigenvalue weighted by atomic mass is 9.91. The molecule has 0 atom stereocenters. The number of hydrogen-bond donors (Lipinski definition) is 0. The predicted octanol–water partition coefficient (Wildman–Crippen LogP) is 2.93. The van der Waals surface area contributed by atoms with E-state index in [4.69, 9.17) is 4.11 Å². The Hall–Kier alpha value is -4.06. The second kappa shape index (κ2) is 8.23. The number of aryl methyl sites for hydroxylation is 2. The molecule has 0 N–H and O–H groups in total. The van der Waals surface area contributed by atoms with Crippen molar-refractivity contribution in [1.29, 1.82) is 5.26 Å². The van der Waals surface area contributed by atoms with Crippen LogP contribution in [0.3, 0.4) is 0 Å². The first-order valence-corrected chi connectivity index (χ1v) is 10.4. The quantitative estimate of drug-likeness (QED) is 0.492. The molecule has 0 amide bonds. The van der Waals surface area contributed by atoms with Crippen LogP contribution in [0.2, 0.25) is 0 Å². The molecule has 1 saturated heterocycles. The summed E-state index contributed by atoms with van der Waals surface area (Å²) in [6.45, 7) is -1.05. The van der Waals surface area contributed by atoms with Gasteiger partial charge >= 0.3 is 0 Å². The van der Waals surface area contributed by atoms with Crippen molar-refractivity contribution in [2.45, 2.75) is 18.8 Å². The molecular formula is C23H23N9. The van der Waals surface area contributed by atoms with Gasteiger partial charge in [-0.25, -0.2) is 0 Å². The van der Waals surface area contributed by atoms with Crippen LogP contribution in [0.25, 0.3) is 22.3 Å². The molecule has 1 fully saturated rings. The van der Waals surface area contributed by atoms with Crippen LogP contribution in [-0.4, -0.2) is 47.8 Å². The molecule has 1 aliphatic rings. The van der Waals surface area contributed by atoms with E-state index in [9.17, 15) is 5.26 Å². The van der Waals surface area contributed by atoms with Crippen LogP contribution in [0.5, 0.6) is 0 Å². The Morgan fingerprint density at radius 3 is 2.59 bits per heavy atom. The zero-order chi connectivity index (χ0) is 24.6. The number of nitriles is 1. The van der Waals surface area contributed by atoms with Gasteiger partial charge in [-0.15, -0.1) is 10.2 Å². The standard InChI is InChI=1S/C23H23N9/c1-30-15-27-29-23(30)16-6-9-32(10-7-16)22-20(17-5-8-25-26-12-17)4-3-19(21(22)11-24)18-13-28-31(2)14-18/h3-5,8,12-16H,6-7,9-10H2,1-2H3/i1D3. The first kappa shape index (κ1) is 16.6. The highest BCUT2D eigenvalue weighted by atomic mass is 15.3. The molecule has 0 aliphatic carbocycles. The Morgan fingerprint density at radius 1 is 1.06 bits per heavy atom. The van der Waals surface area contributed by atoms with E-state index in [2.05, 4.69) is 36.5 Å². The van der Waals surface area contributed by atoms with Crippen molar-refractivity contribution in [3.8, 4) is 28.3 Å². The first-order chi connectivity index (χ1) is 16.9. The van der Waals surface area contributed by atoms with E-state index in [0.29, 0.717) is 37.3 Å². The summed E-state index contributed by atoms with van der Waals surface area (Å²) < 4.78 is 26.2. The zero-order valence-electron chi connectivity index (χ0n) is 20.5. The van der Waals surface area contributed by atoms with Crippen molar-refractivity contribution in [2.24, 2.45) is 14.0 Å². The summed E-state index contributed by atoms with van der Waals surface area (Å²) in [5.41, 5.74) is 4.84. The van der Waals surface area contributed by atoms with Gasteiger partial charge in [0.05, 0.1) is 29.8 Å². The monoisotopic (exact) mass is 428 g/mol. The lowest BCUT2D eigenvalue weighted by Gasteiger charge is -2.35. The summed E-state index contributed by atoms with van der Waals surface area (Å²) in [5, 5.41) is 30.4. The molecule has 0 radical (unpaired) electrons. The van der Waals surface area contributed by atoms with Crippen LogP contribution in [0.1, 0.15) is 34.3 Å². The Balaban J connectivity index is 1.54. The van der Waals surface area contributed by atoms with E-state index in [1.54, 1.807) is 23.3 Å². The van der Waals surface area contributed by atoms with Crippen molar-refractivity contribution in [1.82, 2.24) is 34.7 Å². The maximum absolute atomic E-state index is 10.3. The normalized spacial score (nSPS) is 16.2. The van der Waals surface area contributed by atoms with Gasteiger partial charge in [-0.2, -0.15) is 20.6 Å². The molecule has 9 nitrogen and oxygen atoms in total. The maximum Gasteiger partial charge on any atom is 0.135 e. The van der Waals surface area contributed by atoms with Gasteiger partial charge in [0.15, 0.2) is 0 Å². The topological polar surface area (TPSA) is 101 Å². The predicted molar refractivity (Wildman–Crippen MR) is 120 cm³/mol. The van der Waals surface area contributed by atoms with Gasteiger partial charge in [0, 0.05) is 65.6 Å². The zero-order valence-corrected chi connectivity index (χ0v) is 17.5. The third-order valence-corrected chi connectivity index (χ3v) is 5.95. The van der Waals surface area contributed by atoms with Crippen molar-refractivity contribution in [2.75, 3.05) is 18.0 Å². The number of rotatable bonds is 4. The fraction of sp³-hybridized carbons (Fsp3) is 0.304. The molecule has 0 spiro atoms. The SMILES string of the molecule is [2H]C([2H])([2H])n1cnnc1C1CCN(c2c(-c3ccnnc3)ccc(-c3cnn(C)c3)c2C#N)CC1. The van der Waals surface area contributed by atoms with Crippen LogP contribution >= 0.6 is 0 Å². The summed E-state index contributed by atoms with van der Waals surface area (Å²) in [5.74, 6) is 0.445. The molecule has 0 saturated carbocycles. The minimum absolute atomic E-state index is 0.0349. The Labute approximate surface area is 190 Å². The van der Waals surface area contributed by atoms with Gasteiger partial charge in [-0.3, -0.25) is 4.68 Å². The summed E-state index contributed by atoms with van der Waals surface area (Å²) in [6, 6.07) is 8.26. The molecule has 4 heterocycles. The highest BCUT2D eigenvalue weighted by molar-refractivity contribution is 5.89. The second-order valence-corrected chi connectivity index (χ2v) is 7.85. The van der Waals surface area contributed by atoms with Gasteiger partial charge in [0.1, 0.15) is 18.2 Å². The molecular weight excluding hydrogens is 402 g/mol. The fourth-order valence-corrected chi connectivity index (χ4v) is 4.40. The Morgan fingerprint density at radius 2 is 1.91 bits per heavy atom. The highest BCUT2D eigenvalue weighted by Crippen LogP contribution is 2.41. The van der Waals surface area contributed by atoms with E-state index >= 15 is 0 Å². The number of benzene rings is 1. The number of hydrogen-bond acceptors (Lipinski definition) is 7. The minimum atomic E-state index is -2.32. The third kappa shape index (κ3) is 3.50. The van der Waals surface area contributed by atoms with Crippen molar-refractivity contribution >= 4 is 5.69 Å². The molecule has 0 unspecified atom stereocenters. The lowest BCUT2D eigenvalue weighted by molar-refractivity contribution is 0.474. The number of piperidine rings is 1. The molecule has 5 rings (SSSR count). The lowest BCUT2D eigenvalue weighted by Crippen LogP contribution is -2.34. The average molecular weight is 429 g/mol. The molecule has 1 aliphatic heterocycles.